The predicted molar refractivity (Wildman–Crippen MR) is 68.0 cm³/mol. The number of nitrogens with one attached hydrogen (secondary N) is 1. The van der Waals surface area contributed by atoms with Gasteiger partial charge in [-0.15, -0.1) is 5.10 Å². The highest BCUT2D eigenvalue weighted by Gasteiger charge is 2.11. The molecule has 0 fully saturated rings. The Morgan fingerprint density at radius 2 is 2.42 bits per heavy atom. The maximum atomic E-state index is 11.9. The van der Waals surface area contributed by atoms with Crippen LogP contribution in [0.5, 0.6) is 0 Å². The minimum absolute atomic E-state index is 0.139. The van der Waals surface area contributed by atoms with Gasteiger partial charge in [-0.25, -0.2) is 13.9 Å². The molecule has 0 aromatic carbocycles. The first-order valence-corrected chi connectivity index (χ1v) is 5.99. The van der Waals surface area contributed by atoms with Crippen LogP contribution in [0.1, 0.15) is 0 Å². The summed E-state index contributed by atoms with van der Waals surface area (Å²) >= 11 is 0. The summed E-state index contributed by atoms with van der Waals surface area (Å²) < 4.78 is 7.50. The second kappa shape index (κ2) is 6.41. The minimum Gasteiger partial charge on any atom is -0.390 e. The van der Waals surface area contributed by atoms with E-state index in [1.54, 1.807) is 13.3 Å². The first-order chi connectivity index (χ1) is 9.22. The zero-order chi connectivity index (χ0) is 13.7. The largest absolute Gasteiger partial charge is 0.390 e. The summed E-state index contributed by atoms with van der Waals surface area (Å²) in [6, 6.07) is 0. The average molecular weight is 267 g/mol. The highest BCUT2D eigenvalue weighted by Crippen LogP contribution is 1.93. The lowest BCUT2D eigenvalue weighted by molar-refractivity contribution is 0.139. The number of hydrogen-bond donors (Lipinski definition) is 2. The van der Waals surface area contributed by atoms with Crippen LogP contribution in [0.2, 0.25) is 0 Å². The van der Waals surface area contributed by atoms with Crippen molar-refractivity contribution in [2.45, 2.75) is 12.6 Å². The van der Waals surface area contributed by atoms with Crippen molar-refractivity contribution >= 4 is 5.65 Å². The van der Waals surface area contributed by atoms with Gasteiger partial charge < -0.3 is 15.2 Å². The van der Waals surface area contributed by atoms with Crippen LogP contribution in [-0.4, -0.2) is 57.2 Å². The fourth-order valence-corrected chi connectivity index (χ4v) is 1.71. The van der Waals surface area contributed by atoms with E-state index in [1.807, 2.05) is 0 Å². The molecule has 2 aromatic heterocycles. The molecule has 2 heterocycles. The van der Waals surface area contributed by atoms with Crippen LogP contribution in [-0.2, 0) is 11.3 Å². The normalized spacial score (nSPS) is 12.9. The molecule has 0 saturated heterocycles. The summed E-state index contributed by atoms with van der Waals surface area (Å²) in [5.74, 6) is 0. The second-order valence-corrected chi connectivity index (χ2v) is 4.12. The van der Waals surface area contributed by atoms with E-state index in [0.717, 1.165) is 0 Å². The topological polar surface area (TPSA) is 93.7 Å². The number of hydrogen-bond acceptors (Lipinski definition) is 6. The molecule has 0 bridgehead atoms. The first kappa shape index (κ1) is 13.7. The second-order valence-electron chi connectivity index (χ2n) is 4.12. The smallest absolute Gasteiger partial charge is 0.350 e. The van der Waals surface area contributed by atoms with E-state index in [1.165, 1.54) is 21.5 Å². The first-order valence-electron chi connectivity index (χ1n) is 5.99. The zero-order valence-corrected chi connectivity index (χ0v) is 10.7. The number of aliphatic hydroxyl groups is 1. The lowest BCUT2D eigenvalue weighted by atomic mass is 10.3. The lowest BCUT2D eigenvalue weighted by Gasteiger charge is -2.10. The van der Waals surface area contributed by atoms with Crippen molar-refractivity contribution in [1.82, 2.24) is 24.5 Å². The molecule has 2 aromatic rings. The summed E-state index contributed by atoms with van der Waals surface area (Å²) in [5, 5.41) is 16.9. The molecule has 0 spiro atoms. The van der Waals surface area contributed by atoms with E-state index < -0.39 is 6.10 Å². The predicted octanol–water partition coefficient (Wildman–Crippen LogP) is -1.51. The Bertz CT molecular complexity index is 579. The third-order valence-corrected chi connectivity index (χ3v) is 2.64. The van der Waals surface area contributed by atoms with Gasteiger partial charge in [-0.05, 0) is 0 Å². The molecule has 2 rings (SSSR count). The standard InChI is InChI=1S/C11H17N5O3/c1-19-5-3-13-6-9(17)8-16-11(18)15-4-2-12-7-10(15)14-16/h2,4,7,9,13,17H,3,5-6,8H2,1H3. The maximum absolute atomic E-state index is 11.9. The van der Waals surface area contributed by atoms with Gasteiger partial charge in [-0.2, -0.15) is 0 Å². The van der Waals surface area contributed by atoms with E-state index in [0.29, 0.717) is 25.3 Å². The molecule has 19 heavy (non-hydrogen) atoms. The van der Waals surface area contributed by atoms with Crippen molar-refractivity contribution in [2.75, 3.05) is 26.8 Å². The summed E-state index contributed by atoms with van der Waals surface area (Å²) in [7, 11) is 1.61. The van der Waals surface area contributed by atoms with Crippen molar-refractivity contribution < 1.29 is 9.84 Å². The van der Waals surface area contributed by atoms with Gasteiger partial charge in [0.15, 0.2) is 5.65 Å². The number of fused-ring (bicyclic) bond motifs is 1. The monoisotopic (exact) mass is 267 g/mol. The Hall–Kier alpha value is -1.77. The van der Waals surface area contributed by atoms with Gasteiger partial charge in [0, 0.05) is 32.6 Å². The van der Waals surface area contributed by atoms with Gasteiger partial charge in [-0.1, -0.05) is 0 Å². The van der Waals surface area contributed by atoms with Crippen molar-refractivity contribution in [3.05, 3.63) is 29.1 Å². The van der Waals surface area contributed by atoms with Gasteiger partial charge in [0.1, 0.15) is 0 Å². The highest BCUT2D eigenvalue weighted by molar-refractivity contribution is 5.31. The molecule has 0 amide bonds. The van der Waals surface area contributed by atoms with E-state index >= 15 is 0 Å². The molecule has 0 saturated carbocycles. The number of nitrogens with zero attached hydrogens (tertiary/aromatic N) is 4. The molecule has 1 atom stereocenters. The van der Waals surface area contributed by atoms with Gasteiger partial charge in [0.2, 0.25) is 0 Å². The molecular formula is C11H17N5O3. The van der Waals surface area contributed by atoms with Gasteiger partial charge >= 0.3 is 5.69 Å². The fraction of sp³-hybridized carbons (Fsp3) is 0.545. The molecule has 2 N–H and O–H groups in total. The average Bonchev–Trinajstić information content (AvgIpc) is 2.72. The van der Waals surface area contributed by atoms with E-state index in [4.69, 9.17) is 4.74 Å². The van der Waals surface area contributed by atoms with E-state index in [-0.39, 0.29) is 12.2 Å². The molecule has 104 valence electrons. The Morgan fingerprint density at radius 3 is 3.16 bits per heavy atom. The summed E-state index contributed by atoms with van der Waals surface area (Å²) in [6.07, 6.45) is 3.88. The maximum Gasteiger partial charge on any atom is 0.350 e. The van der Waals surface area contributed by atoms with Crippen molar-refractivity contribution in [3.63, 3.8) is 0 Å². The Kier molecular flexibility index (Phi) is 4.61. The van der Waals surface area contributed by atoms with Crippen molar-refractivity contribution in [2.24, 2.45) is 0 Å². The van der Waals surface area contributed by atoms with Crippen LogP contribution in [0.25, 0.3) is 5.65 Å². The number of methoxy groups -OCH3 is 1. The van der Waals surface area contributed by atoms with Crippen LogP contribution in [0, 0.1) is 0 Å². The van der Waals surface area contributed by atoms with Crippen LogP contribution in [0.4, 0.5) is 0 Å². The molecule has 8 heteroatoms. The highest BCUT2D eigenvalue weighted by atomic mass is 16.5. The molecule has 0 aliphatic carbocycles. The Labute approximate surface area is 109 Å². The number of aromatic nitrogens is 4. The molecule has 0 radical (unpaired) electrons. The minimum atomic E-state index is -0.688. The zero-order valence-electron chi connectivity index (χ0n) is 10.7. The number of rotatable bonds is 7. The van der Waals surface area contributed by atoms with Crippen LogP contribution >= 0.6 is 0 Å². The molecule has 0 aliphatic heterocycles. The third-order valence-electron chi connectivity index (χ3n) is 2.64. The number of aliphatic hydroxyl groups excluding tert-OH is 1. The van der Waals surface area contributed by atoms with Crippen molar-refractivity contribution in [3.8, 4) is 0 Å². The van der Waals surface area contributed by atoms with Crippen LogP contribution in [0.15, 0.2) is 23.4 Å². The molecular weight excluding hydrogens is 250 g/mol. The summed E-state index contributed by atoms with van der Waals surface area (Å²) in [4.78, 5) is 15.8. The quantitative estimate of drug-likeness (QED) is 0.592. The van der Waals surface area contributed by atoms with E-state index in [2.05, 4.69) is 15.4 Å². The Morgan fingerprint density at radius 1 is 1.58 bits per heavy atom. The third kappa shape index (κ3) is 3.37. The van der Waals surface area contributed by atoms with Gasteiger partial charge in [0.05, 0.1) is 25.5 Å². The molecule has 8 nitrogen and oxygen atoms in total. The van der Waals surface area contributed by atoms with Crippen molar-refractivity contribution in [1.29, 1.82) is 0 Å². The SMILES string of the molecule is COCCNCC(O)Cn1nc2cnccn2c1=O. The lowest BCUT2D eigenvalue weighted by Crippen LogP contribution is -2.35. The fourth-order valence-electron chi connectivity index (χ4n) is 1.71. The van der Waals surface area contributed by atoms with Gasteiger partial charge in [0.25, 0.3) is 0 Å². The number of ether oxygens (including phenoxy) is 1. The summed E-state index contributed by atoms with van der Waals surface area (Å²) in [5.41, 5.74) is 0.181. The molecule has 0 aliphatic rings. The van der Waals surface area contributed by atoms with Crippen LogP contribution < -0.4 is 11.0 Å². The van der Waals surface area contributed by atoms with Gasteiger partial charge in [-0.3, -0.25) is 4.98 Å². The summed E-state index contributed by atoms with van der Waals surface area (Å²) in [6.45, 7) is 1.74. The van der Waals surface area contributed by atoms with Crippen LogP contribution in [0.3, 0.4) is 0 Å². The van der Waals surface area contributed by atoms with E-state index in [9.17, 15) is 9.90 Å². The Balaban J connectivity index is 1.97. The molecule has 1 unspecified atom stereocenters.